The van der Waals surface area contributed by atoms with Crippen molar-refractivity contribution in [3.8, 4) is 5.75 Å². The zero-order valence-corrected chi connectivity index (χ0v) is 19.1. The van der Waals surface area contributed by atoms with Gasteiger partial charge in [-0.2, -0.15) is 0 Å². The fourth-order valence-electron chi connectivity index (χ4n) is 5.15. The van der Waals surface area contributed by atoms with Crippen LogP contribution in [0.2, 0.25) is 0 Å². The molecule has 3 aromatic rings. The lowest BCUT2D eigenvalue weighted by atomic mass is 9.87. The minimum absolute atomic E-state index is 0.0335. The number of methoxy groups -OCH3 is 1. The summed E-state index contributed by atoms with van der Waals surface area (Å²) >= 11 is 0. The van der Waals surface area contributed by atoms with E-state index in [1.807, 2.05) is 41.3 Å². The Bertz CT molecular complexity index is 1230. The van der Waals surface area contributed by atoms with Crippen molar-refractivity contribution in [2.75, 3.05) is 26.7 Å². The van der Waals surface area contributed by atoms with Crippen LogP contribution in [0.1, 0.15) is 33.0 Å². The highest BCUT2D eigenvalue weighted by atomic mass is 19.1. The summed E-state index contributed by atoms with van der Waals surface area (Å²) < 4.78 is 19.8. The van der Waals surface area contributed by atoms with Gasteiger partial charge in [0.05, 0.1) is 18.6 Å². The summed E-state index contributed by atoms with van der Waals surface area (Å²) in [6, 6.07) is 21.9. The number of fused-ring (bicyclic) bond motifs is 1. The average molecular weight is 459 g/mol. The van der Waals surface area contributed by atoms with Crippen molar-refractivity contribution in [2.24, 2.45) is 5.92 Å². The van der Waals surface area contributed by atoms with Gasteiger partial charge in [-0.05, 0) is 47.4 Å². The van der Waals surface area contributed by atoms with Crippen LogP contribution in [0, 0.1) is 11.7 Å². The summed E-state index contributed by atoms with van der Waals surface area (Å²) in [5.41, 5.74) is 3.42. The molecule has 1 fully saturated rings. The first-order valence-corrected chi connectivity index (χ1v) is 11.6. The molecule has 5 rings (SSSR count). The van der Waals surface area contributed by atoms with Crippen molar-refractivity contribution in [3.05, 3.63) is 101 Å². The van der Waals surface area contributed by atoms with Gasteiger partial charge in [-0.25, -0.2) is 4.39 Å². The van der Waals surface area contributed by atoms with Gasteiger partial charge in [0, 0.05) is 32.1 Å². The van der Waals surface area contributed by atoms with Crippen molar-refractivity contribution in [1.29, 1.82) is 0 Å². The monoisotopic (exact) mass is 458 g/mol. The van der Waals surface area contributed by atoms with Gasteiger partial charge >= 0.3 is 0 Å². The summed E-state index contributed by atoms with van der Waals surface area (Å²) in [6.07, 6.45) is 0.816. The van der Waals surface area contributed by atoms with Crippen molar-refractivity contribution in [2.45, 2.75) is 18.9 Å². The largest absolute Gasteiger partial charge is 0.497 e. The Morgan fingerprint density at radius 2 is 1.68 bits per heavy atom. The lowest BCUT2D eigenvalue weighted by Gasteiger charge is -2.32. The van der Waals surface area contributed by atoms with Gasteiger partial charge < -0.3 is 14.5 Å². The molecule has 2 amide bonds. The van der Waals surface area contributed by atoms with E-state index in [0.717, 1.165) is 17.5 Å². The molecule has 34 heavy (non-hydrogen) atoms. The van der Waals surface area contributed by atoms with E-state index < -0.39 is 11.7 Å². The summed E-state index contributed by atoms with van der Waals surface area (Å²) in [7, 11) is 1.61. The highest BCUT2D eigenvalue weighted by molar-refractivity contribution is 5.95. The maximum absolute atomic E-state index is 14.4. The predicted octanol–water partition coefficient (Wildman–Crippen LogP) is 4.28. The van der Waals surface area contributed by atoms with Crippen LogP contribution in [0.3, 0.4) is 0 Å². The van der Waals surface area contributed by atoms with Gasteiger partial charge in [0.25, 0.3) is 5.91 Å². The molecule has 0 saturated carbocycles. The first-order valence-electron chi connectivity index (χ1n) is 11.6. The highest BCUT2D eigenvalue weighted by Gasteiger charge is 2.43. The van der Waals surface area contributed by atoms with Crippen LogP contribution in [0.5, 0.6) is 5.75 Å². The van der Waals surface area contributed by atoms with E-state index in [2.05, 4.69) is 12.1 Å². The number of likely N-dealkylation sites (tertiary alicyclic amines) is 1. The molecule has 2 atom stereocenters. The first kappa shape index (κ1) is 22.1. The molecule has 174 valence electrons. The lowest BCUT2D eigenvalue weighted by Crippen LogP contribution is -2.42. The molecule has 0 N–H and O–H groups in total. The Kier molecular flexibility index (Phi) is 6.05. The molecule has 0 bridgehead atoms. The van der Waals surface area contributed by atoms with E-state index in [9.17, 15) is 14.0 Å². The molecule has 0 spiro atoms. The summed E-state index contributed by atoms with van der Waals surface area (Å²) in [5, 5.41) is 0. The third-order valence-corrected chi connectivity index (χ3v) is 6.99. The van der Waals surface area contributed by atoms with Gasteiger partial charge in [-0.1, -0.05) is 48.5 Å². The van der Waals surface area contributed by atoms with E-state index in [-0.39, 0.29) is 29.8 Å². The number of benzene rings is 3. The number of amides is 2. The quantitative estimate of drug-likeness (QED) is 0.587. The third kappa shape index (κ3) is 4.16. The van der Waals surface area contributed by atoms with Crippen LogP contribution in [0.4, 0.5) is 4.39 Å². The highest BCUT2D eigenvalue weighted by Crippen LogP contribution is 2.37. The molecule has 2 aliphatic heterocycles. The lowest BCUT2D eigenvalue weighted by molar-refractivity contribution is -0.136. The van der Waals surface area contributed by atoms with Gasteiger partial charge in [0.1, 0.15) is 11.6 Å². The fraction of sp³-hybridized carbons (Fsp3) is 0.286. The summed E-state index contributed by atoms with van der Waals surface area (Å²) in [6.45, 7) is 1.82. The third-order valence-electron chi connectivity index (χ3n) is 6.99. The Hall–Kier alpha value is -3.67. The Balaban J connectivity index is 1.44. The maximum Gasteiger partial charge on any atom is 0.256 e. The number of rotatable bonds is 4. The smallest absolute Gasteiger partial charge is 0.256 e. The van der Waals surface area contributed by atoms with E-state index >= 15 is 0 Å². The predicted molar refractivity (Wildman–Crippen MR) is 127 cm³/mol. The Morgan fingerprint density at radius 1 is 0.912 bits per heavy atom. The zero-order chi connectivity index (χ0) is 23.7. The molecule has 0 aromatic heterocycles. The van der Waals surface area contributed by atoms with E-state index in [4.69, 9.17) is 4.74 Å². The SMILES string of the molecule is COc1cccc(C2CN(C(=O)c3ccccc3F)CC2C(=O)N2CCc3ccccc3C2)c1. The Morgan fingerprint density at radius 3 is 2.47 bits per heavy atom. The van der Waals surface area contributed by atoms with E-state index in [1.54, 1.807) is 24.1 Å². The fourth-order valence-corrected chi connectivity index (χ4v) is 5.15. The van der Waals surface area contributed by atoms with E-state index in [1.165, 1.54) is 17.7 Å². The second-order valence-electron chi connectivity index (χ2n) is 8.96. The number of nitrogens with zero attached hydrogens (tertiary/aromatic N) is 2. The molecule has 0 radical (unpaired) electrons. The maximum atomic E-state index is 14.4. The molecular weight excluding hydrogens is 431 g/mol. The number of ether oxygens (including phenoxy) is 1. The van der Waals surface area contributed by atoms with Gasteiger partial charge in [-0.3, -0.25) is 9.59 Å². The normalized spacial score (nSPS) is 19.6. The molecule has 6 heteroatoms. The molecule has 2 aliphatic rings. The van der Waals surface area contributed by atoms with Crippen LogP contribution >= 0.6 is 0 Å². The standard InChI is InChI=1S/C28H27FN2O3/c1-34-22-10-6-9-20(15-22)24-17-31(27(32)23-11-4-5-12-26(23)29)18-25(24)28(33)30-14-13-19-7-2-3-8-21(19)16-30/h2-12,15,24-25H,13-14,16-18H2,1H3. The molecule has 1 saturated heterocycles. The van der Waals surface area contributed by atoms with Crippen molar-refractivity contribution < 1.29 is 18.7 Å². The molecule has 3 aromatic carbocycles. The molecule has 5 nitrogen and oxygen atoms in total. The summed E-state index contributed by atoms with van der Waals surface area (Å²) in [4.78, 5) is 30.5. The van der Waals surface area contributed by atoms with Crippen LogP contribution in [0.15, 0.2) is 72.8 Å². The first-order chi connectivity index (χ1) is 16.5. The van der Waals surface area contributed by atoms with Gasteiger partial charge in [0.15, 0.2) is 0 Å². The number of carbonyl (C=O) groups is 2. The number of hydrogen-bond donors (Lipinski definition) is 0. The minimum atomic E-state index is -0.548. The zero-order valence-electron chi connectivity index (χ0n) is 19.1. The van der Waals surface area contributed by atoms with Crippen LogP contribution in [0.25, 0.3) is 0 Å². The second kappa shape index (κ2) is 9.29. The number of hydrogen-bond acceptors (Lipinski definition) is 3. The van der Waals surface area contributed by atoms with E-state index in [0.29, 0.717) is 25.4 Å². The van der Waals surface area contributed by atoms with Crippen LogP contribution < -0.4 is 4.74 Å². The van der Waals surface area contributed by atoms with Crippen molar-refractivity contribution in [3.63, 3.8) is 0 Å². The molecule has 2 heterocycles. The molecule has 0 aliphatic carbocycles. The van der Waals surface area contributed by atoms with Crippen molar-refractivity contribution >= 4 is 11.8 Å². The molecule has 2 unspecified atom stereocenters. The van der Waals surface area contributed by atoms with Crippen LogP contribution in [-0.2, 0) is 17.8 Å². The second-order valence-corrected chi connectivity index (χ2v) is 8.96. The van der Waals surface area contributed by atoms with Gasteiger partial charge in [-0.15, -0.1) is 0 Å². The Labute approximate surface area is 198 Å². The minimum Gasteiger partial charge on any atom is -0.497 e. The van der Waals surface area contributed by atoms with Crippen molar-refractivity contribution in [1.82, 2.24) is 9.80 Å². The number of halogens is 1. The van der Waals surface area contributed by atoms with Crippen LogP contribution in [-0.4, -0.2) is 48.4 Å². The topological polar surface area (TPSA) is 49.9 Å². The summed E-state index contributed by atoms with van der Waals surface area (Å²) in [5.74, 6) is -0.803. The molecular formula is C28H27FN2O3. The van der Waals surface area contributed by atoms with Gasteiger partial charge in [0.2, 0.25) is 5.91 Å². The number of carbonyl (C=O) groups excluding carboxylic acids is 2. The average Bonchev–Trinajstić information content (AvgIpc) is 3.33.